The quantitative estimate of drug-likeness (QED) is 0.561. The Hall–Kier alpha value is -2.48. The third kappa shape index (κ3) is 2.10. The third-order valence-electron chi connectivity index (χ3n) is 5.55. The maximum atomic E-state index is 5.04. The number of rotatable bonds is 2. The Bertz CT molecular complexity index is 957. The minimum Gasteiger partial charge on any atom is -0.255 e. The molecule has 2 heteroatoms. The number of aryl methyl sites for hydroxylation is 1. The largest absolute Gasteiger partial charge is 0.255 e. The Morgan fingerprint density at radius 3 is 2.75 bits per heavy atom. The minimum atomic E-state index is 0.653. The molecule has 0 aliphatic heterocycles. The fourth-order valence-electron chi connectivity index (χ4n) is 4.41. The van der Waals surface area contributed by atoms with Gasteiger partial charge in [-0.3, -0.25) is 9.98 Å². The van der Waals surface area contributed by atoms with Gasteiger partial charge in [-0.1, -0.05) is 42.5 Å². The van der Waals surface area contributed by atoms with E-state index in [1.807, 2.05) is 12.3 Å². The second kappa shape index (κ2) is 5.27. The molecule has 3 aromatic rings. The molecule has 2 aliphatic carbocycles. The van der Waals surface area contributed by atoms with Crippen LogP contribution in [0.25, 0.3) is 10.9 Å². The number of pyridine rings is 1. The number of hydrogen-bond acceptors (Lipinski definition) is 2. The van der Waals surface area contributed by atoms with E-state index in [2.05, 4.69) is 49.4 Å². The maximum absolute atomic E-state index is 5.04. The molecule has 118 valence electrons. The summed E-state index contributed by atoms with van der Waals surface area (Å²) in [5, 5.41) is 1.19. The van der Waals surface area contributed by atoms with Gasteiger partial charge in [0.15, 0.2) is 0 Å². The van der Waals surface area contributed by atoms with Gasteiger partial charge in [0.05, 0.1) is 11.2 Å². The number of hydrogen-bond donors (Lipinski definition) is 0. The summed E-state index contributed by atoms with van der Waals surface area (Å²) in [6, 6.07) is 16.9. The van der Waals surface area contributed by atoms with Gasteiger partial charge in [0.2, 0.25) is 0 Å². The van der Waals surface area contributed by atoms with Crippen LogP contribution in [0, 0.1) is 6.92 Å². The molecule has 2 nitrogen and oxygen atoms in total. The van der Waals surface area contributed by atoms with E-state index in [9.17, 15) is 0 Å². The van der Waals surface area contributed by atoms with Crippen LogP contribution in [0.1, 0.15) is 53.5 Å². The van der Waals surface area contributed by atoms with Crippen LogP contribution < -0.4 is 0 Å². The van der Waals surface area contributed by atoms with Gasteiger partial charge in [0.25, 0.3) is 0 Å². The zero-order valence-corrected chi connectivity index (χ0v) is 13.9. The van der Waals surface area contributed by atoms with Crippen molar-refractivity contribution >= 4 is 22.8 Å². The van der Waals surface area contributed by atoms with Gasteiger partial charge in [-0.2, -0.15) is 0 Å². The molecule has 0 radical (unpaired) electrons. The van der Waals surface area contributed by atoms with Crippen LogP contribution in [-0.4, -0.2) is 11.2 Å². The van der Waals surface area contributed by atoms with Crippen molar-refractivity contribution < 1.29 is 0 Å². The highest BCUT2D eigenvalue weighted by atomic mass is 14.8. The van der Waals surface area contributed by atoms with Crippen LogP contribution >= 0.6 is 0 Å². The van der Waals surface area contributed by atoms with Gasteiger partial charge >= 0.3 is 0 Å². The molecule has 0 spiro atoms. The normalized spacial score (nSPS) is 21.7. The molecule has 2 bridgehead atoms. The summed E-state index contributed by atoms with van der Waals surface area (Å²) >= 11 is 0. The molecule has 1 aromatic heterocycles. The van der Waals surface area contributed by atoms with Gasteiger partial charge < -0.3 is 0 Å². The first-order valence-corrected chi connectivity index (χ1v) is 8.83. The van der Waals surface area contributed by atoms with Gasteiger partial charge in [-0.05, 0) is 49.3 Å². The Kier molecular flexibility index (Phi) is 3.05. The van der Waals surface area contributed by atoms with Gasteiger partial charge in [-0.25, -0.2) is 0 Å². The fourth-order valence-corrected chi connectivity index (χ4v) is 4.41. The SMILES string of the molecule is Cc1ccc2c(N=Cc3ccccc3)c3c(nc2c1)C1CCC3C1. The molecule has 2 unspecified atom stereocenters. The van der Waals surface area contributed by atoms with Crippen LogP contribution in [0.5, 0.6) is 0 Å². The molecule has 24 heavy (non-hydrogen) atoms. The summed E-state index contributed by atoms with van der Waals surface area (Å²) in [7, 11) is 0. The second-order valence-corrected chi connectivity index (χ2v) is 7.16. The van der Waals surface area contributed by atoms with Crippen molar-refractivity contribution in [2.24, 2.45) is 4.99 Å². The molecule has 2 atom stereocenters. The molecule has 1 fully saturated rings. The predicted octanol–water partition coefficient (Wildman–Crippen LogP) is 5.66. The Morgan fingerprint density at radius 2 is 1.88 bits per heavy atom. The number of nitrogens with zero attached hydrogens (tertiary/aromatic N) is 2. The van der Waals surface area contributed by atoms with Crippen molar-refractivity contribution in [2.45, 2.75) is 38.0 Å². The Morgan fingerprint density at radius 1 is 1.04 bits per heavy atom. The van der Waals surface area contributed by atoms with Crippen molar-refractivity contribution in [2.75, 3.05) is 0 Å². The summed E-state index contributed by atoms with van der Waals surface area (Å²) in [5.74, 6) is 1.31. The summed E-state index contributed by atoms with van der Waals surface area (Å²) in [6.45, 7) is 2.13. The van der Waals surface area contributed by atoms with Crippen LogP contribution in [0.15, 0.2) is 53.5 Å². The molecular weight excluding hydrogens is 292 g/mol. The lowest BCUT2D eigenvalue weighted by Crippen LogP contribution is -2.02. The van der Waals surface area contributed by atoms with Gasteiger partial charge in [0.1, 0.15) is 0 Å². The molecule has 2 aromatic carbocycles. The number of aromatic nitrogens is 1. The smallest absolute Gasteiger partial charge is 0.0776 e. The monoisotopic (exact) mass is 312 g/mol. The fraction of sp³-hybridized carbons (Fsp3) is 0.273. The van der Waals surface area contributed by atoms with E-state index in [4.69, 9.17) is 9.98 Å². The summed E-state index contributed by atoms with van der Waals surface area (Å²) in [4.78, 5) is 10.0. The molecule has 2 aliphatic rings. The number of fused-ring (bicyclic) bond motifs is 6. The summed E-state index contributed by atoms with van der Waals surface area (Å²) in [5.41, 5.74) is 7.41. The maximum Gasteiger partial charge on any atom is 0.0776 e. The zero-order chi connectivity index (χ0) is 16.1. The predicted molar refractivity (Wildman–Crippen MR) is 99.5 cm³/mol. The molecule has 0 saturated heterocycles. The van der Waals surface area contributed by atoms with Crippen molar-refractivity contribution in [3.05, 3.63) is 70.9 Å². The van der Waals surface area contributed by atoms with Crippen molar-refractivity contribution in [3.8, 4) is 0 Å². The van der Waals surface area contributed by atoms with E-state index in [1.165, 1.54) is 41.5 Å². The highest BCUT2D eigenvalue weighted by molar-refractivity contribution is 5.96. The average molecular weight is 312 g/mol. The molecule has 1 heterocycles. The lowest BCUT2D eigenvalue weighted by atomic mass is 9.92. The highest BCUT2D eigenvalue weighted by Gasteiger charge is 2.40. The van der Waals surface area contributed by atoms with E-state index >= 15 is 0 Å². The van der Waals surface area contributed by atoms with Crippen molar-refractivity contribution in [1.29, 1.82) is 0 Å². The molecule has 1 saturated carbocycles. The first-order chi connectivity index (χ1) is 11.8. The molecule has 0 amide bonds. The van der Waals surface area contributed by atoms with E-state index < -0.39 is 0 Å². The van der Waals surface area contributed by atoms with E-state index in [0.717, 1.165) is 16.8 Å². The zero-order valence-electron chi connectivity index (χ0n) is 13.9. The Balaban J connectivity index is 1.74. The van der Waals surface area contributed by atoms with Crippen molar-refractivity contribution in [1.82, 2.24) is 4.98 Å². The first kappa shape index (κ1) is 13.9. The van der Waals surface area contributed by atoms with Gasteiger partial charge in [-0.15, -0.1) is 0 Å². The molecular formula is C22H20N2. The standard InChI is InChI=1S/C22H20N2/c1-14-7-10-18-19(11-14)24-21-17-9-8-16(12-17)20(21)22(18)23-13-15-5-3-2-4-6-15/h2-7,10-11,13,16-17H,8-9,12H2,1H3. The molecule has 0 N–H and O–H groups in total. The molecule has 5 rings (SSSR count). The number of aliphatic imine (C=N–C) groups is 1. The summed E-state index contributed by atoms with van der Waals surface area (Å²) in [6.07, 6.45) is 5.86. The average Bonchev–Trinajstić information content (AvgIpc) is 3.21. The van der Waals surface area contributed by atoms with Gasteiger partial charge in [0, 0.05) is 28.8 Å². The minimum absolute atomic E-state index is 0.653. The Labute approximate surface area is 142 Å². The number of benzene rings is 2. The van der Waals surface area contributed by atoms with E-state index in [-0.39, 0.29) is 0 Å². The lowest BCUT2D eigenvalue weighted by molar-refractivity contribution is 0.701. The highest BCUT2D eigenvalue weighted by Crippen LogP contribution is 2.56. The topological polar surface area (TPSA) is 25.2 Å². The third-order valence-corrected chi connectivity index (χ3v) is 5.55. The van der Waals surface area contributed by atoms with E-state index in [0.29, 0.717) is 11.8 Å². The second-order valence-electron chi connectivity index (χ2n) is 7.16. The van der Waals surface area contributed by atoms with Crippen LogP contribution in [0.2, 0.25) is 0 Å². The van der Waals surface area contributed by atoms with E-state index in [1.54, 1.807) is 0 Å². The van der Waals surface area contributed by atoms with Crippen molar-refractivity contribution in [3.63, 3.8) is 0 Å². The van der Waals surface area contributed by atoms with Crippen LogP contribution in [0.4, 0.5) is 5.69 Å². The lowest BCUT2D eigenvalue weighted by Gasteiger charge is -2.18. The van der Waals surface area contributed by atoms with Crippen LogP contribution in [-0.2, 0) is 0 Å². The summed E-state index contributed by atoms with van der Waals surface area (Å²) < 4.78 is 0. The van der Waals surface area contributed by atoms with Crippen LogP contribution in [0.3, 0.4) is 0 Å². The first-order valence-electron chi connectivity index (χ1n) is 8.83.